The van der Waals surface area contributed by atoms with Crippen LogP contribution in [0.15, 0.2) is 42.5 Å². The molecule has 1 amide bonds. The molecule has 4 heteroatoms. The minimum atomic E-state index is -0.381. The Balaban J connectivity index is 2.56. The molecule has 0 atom stereocenters. The number of ether oxygens (including phenoxy) is 1. The van der Waals surface area contributed by atoms with E-state index in [9.17, 15) is 9.18 Å². The molecule has 0 radical (unpaired) electrons. The molecule has 3 nitrogen and oxygen atoms in total. The molecule has 0 heterocycles. The van der Waals surface area contributed by atoms with Crippen molar-refractivity contribution in [1.29, 1.82) is 0 Å². The summed E-state index contributed by atoms with van der Waals surface area (Å²) in [6.45, 7) is 0. The molecule has 1 N–H and O–H groups in total. The lowest BCUT2D eigenvalue weighted by molar-refractivity contribution is 0.0963. The van der Waals surface area contributed by atoms with Gasteiger partial charge in [-0.15, -0.1) is 0 Å². The molecule has 0 aliphatic heterocycles. The highest BCUT2D eigenvalue weighted by Gasteiger charge is 2.13. The van der Waals surface area contributed by atoms with Crippen LogP contribution in [0.3, 0.4) is 0 Å². The highest BCUT2D eigenvalue weighted by atomic mass is 19.1. The molecule has 19 heavy (non-hydrogen) atoms. The molecular formula is C15H14FNO2. The van der Waals surface area contributed by atoms with Crippen molar-refractivity contribution in [1.82, 2.24) is 5.32 Å². The zero-order valence-corrected chi connectivity index (χ0v) is 10.7. The third kappa shape index (κ3) is 2.57. The van der Waals surface area contributed by atoms with Crippen LogP contribution < -0.4 is 10.1 Å². The van der Waals surface area contributed by atoms with Gasteiger partial charge in [-0.25, -0.2) is 4.39 Å². The highest BCUT2D eigenvalue weighted by molar-refractivity contribution is 5.95. The molecule has 0 unspecified atom stereocenters. The van der Waals surface area contributed by atoms with Crippen LogP contribution in [0.25, 0.3) is 11.1 Å². The second-order valence-electron chi connectivity index (χ2n) is 3.98. The van der Waals surface area contributed by atoms with Gasteiger partial charge in [-0.3, -0.25) is 4.79 Å². The Morgan fingerprint density at radius 2 is 1.95 bits per heavy atom. The lowest BCUT2D eigenvalue weighted by atomic mass is 10.0. The smallest absolute Gasteiger partial charge is 0.251 e. The highest BCUT2D eigenvalue weighted by Crippen LogP contribution is 2.32. The van der Waals surface area contributed by atoms with Gasteiger partial charge in [0.2, 0.25) is 0 Å². The quantitative estimate of drug-likeness (QED) is 0.920. The average molecular weight is 259 g/mol. The first kappa shape index (κ1) is 13.1. The number of carbonyl (C=O) groups is 1. The Morgan fingerprint density at radius 1 is 1.21 bits per heavy atom. The molecule has 0 fully saturated rings. The molecule has 0 saturated carbocycles. The number of nitrogens with one attached hydrogen (secondary N) is 1. The molecule has 0 aromatic heterocycles. The van der Waals surface area contributed by atoms with Gasteiger partial charge in [-0.1, -0.05) is 18.2 Å². The SMILES string of the molecule is CNC(=O)c1cccc(-c2c(F)cccc2OC)c1. The zero-order valence-electron chi connectivity index (χ0n) is 10.7. The van der Waals surface area contributed by atoms with Crippen molar-refractivity contribution in [3.8, 4) is 16.9 Å². The van der Waals surface area contributed by atoms with Crippen LogP contribution in [0.2, 0.25) is 0 Å². The molecule has 0 saturated heterocycles. The summed E-state index contributed by atoms with van der Waals surface area (Å²) in [7, 11) is 3.04. The monoisotopic (exact) mass is 259 g/mol. The molecule has 0 bridgehead atoms. The van der Waals surface area contributed by atoms with Crippen molar-refractivity contribution in [2.75, 3.05) is 14.2 Å². The topological polar surface area (TPSA) is 38.3 Å². The van der Waals surface area contributed by atoms with Crippen molar-refractivity contribution in [3.05, 3.63) is 53.8 Å². The number of benzene rings is 2. The van der Waals surface area contributed by atoms with E-state index in [0.29, 0.717) is 22.4 Å². The number of hydrogen-bond donors (Lipinski definition) is 1. The fraction of sp³-hybridized carbons (Fsp3) is 0.133. The van der Waals surface area contributed by atoms with Gasteiger partial charge in [0.15, 0.2) is 0 Å². The summed E-state index contributed by atoms with van der Waals surface area (Å²) < 4.78 is 19.1. The van der Waals surface area contributed by atoms with Crippen LogP contribution in [-0.4, -0.2) is 20.1 Å². The molecular weight excluding hydrogens is 245 g/mol. The number of methoxy groups -OCH3 is 1. The predicted molar refractivity (Wildman–Crippen MR) is 71.8 cm³/mol. The Labute approximate surface area is 111 Å². The standard InChI is InChI=1S/C15H14FNO2/c1-17-15(18)11-6-3-5-10(9-11)14-12(16)7-4-8-13(14)19-2/h3-9H,1-2H3,(H,17,18). The van der Waals surface area contributed by atoms with Crippen LogP contribution in [-0.2, 0) is 0 Å². The summed E-state index contributed by atoms with van der Waals surface area (Å²) in [4.78, 5) is 11.6. The van der Waals surface area contributed by atoms with E-state index in [1.807, 2.05) is 0 Å². The summed E-state index contributed by atoms with van der Waals surface area (Å²) >= 11 is 0. The van der Waals surface area contributed by atoms with Crippen molar-refractivity contribution in [3.63, 3.8) is 0 Å². The van der Waals surface area contributed by atoms with Crippen LogP contribution >= 0.6 is 0 Å². The summed E-state index contributed by atoms with van der Waals surface area (Å²) in [5, 5.41) is 2.54. The van der Waals surface area contributed by atoms with E-state index in [1.165, 1.54) is 13.2 Å². The minimum absolute atomic E-state index is 0.211. The zero-order chi connectivity index (χ0) is 13.8. The van der Waals surface area contributed by atoms with Crippen molar-refractivity contribution >= 4 is 5.91 Å². The van der Waals surface area contributed by atoms with Gasteiger partial charge in [0.25, 0.3) is 5.91 Å². The van der Waals surface area contributed by atoms with Gasteiger partial charge in [-0.2, -0.15) is 0 Å². The van der Waals surface area contributed by atoms with Crippen molar-refractivity contribution < 1.29 is 13.9 Å². The Bertz CT molecular complexity index is 611. The third-order valence-electron chi connectivity index (χ3n) is 2.84. The first-order valence-corrected chi connectivity index (χ1v) is 5.82. The molecule has 0 aliphatic rings. The summed E-state index contributed by atoms with van der Waals surface area (Å²) in [5.41, 5.74) is 1.44. The minimum Gasteiger partial charge on any atom is -0.496 e. The second-order valence-corrected chi connectivity index (χ2v) is 3.98. The van der Waals surface area contributed by atoms with E-state index in [4.69, 9.17) is 4.74 Å². The van der Waals surface area contributed by atoms with E-state index >= 15 is 0 Å². The van der Waals surface area contributed by atoms with Crippen molar-refractivity contribution in [2.24, 2.45) is 0 Å². The fourth-order valence-corrected chi connectivity index (χ4v) is 1.91. The Hall–Kier alpha value is -2.36. The summed E-state index contributed by atoms with van der Waals surface area (Å²) in [6.07, 6.45) is 0. The average Bonchev–Trinajstić information content (AvgIpc) is 2.46. The lowest BCUT2D eigenvalue weighted by Crippen LogP contribution is -2.17. The number of amides is 1. The predicted octanol–water partition coefficient (Wildman–Crippen LogP) is 2.86. The maximum atomic E-state index is 14.0. The molecule has 98 valence electrons. The van der Waals surface area contributed by atoms with Crippen LogP contribution in [0.5, 0.6) is 5.75 Å². The van der Waals surface area contributed by atoms with Gasteiger partial charge < -0.3 is 10.1 Å². The summed E-state index contributed by atoms with van der Waals surface area (Å²) in [5.74, 6) is -0.153. The first-order valence-electron chi connectivity index (χ1n) is 5.82. The maximum Gasteiger partial charge on any atom is 0.251 e. The summed E-state index contributed by atoms with van der Waals surface area (Å²) in [6, 6.07) is 11.4. The van der Waals surface area contributed by atoms with Gasteiger partial charge >= 0.3 is 0 Å². The van der Waals surface area contributed by atoms with E-state index < -0.39 is 0 Å². The normalized spacial score (nSPS) is 10.1. The van der Waals surface area contributed by atoms with Crippen LogP contribution in [0.4, 0.5) is 4.39 Å². The van der Waals surface area contributed by atoms with E-state index in [1.54, 1.807) is 43.4 Å². The molecule has 2 aromatic carbocycles. The number of carbonyl (C=O) groups excluding carboxylic acids is 1. The number of rotatable bonds is 3. The number of hydrogen-bond acceptors (Lipinski definition) is 2. The lowest BCUT2D eigenvalue weighted by Gasteiger charge is -2.10. The van der Waals surface area contributed by atoms with Crippen LogP contribution in [0.1, 0.15) is 10.4 Å². The maximum absolute atomic E-state index is 14.0. The van der Waals surface area contributed by atoms with Gasteiger partial charge in [-0.05, 0) is 29.8 Å². The molecule has 2 aromatic rings. The van der Waals surface area contributed by atoms with Crippen molar-refractivity contribution in [2.45, 2.75) is 0 Å². The molecule has 0 spiro atoms. The van der Waals surface area contributed by atoms with Gasteiger partial charge in [0, 0.05) is 12.6 Å². The number of halogens is 1. The van der Waals surface area contributed by atoms with E-state index in [0.717, 1.165) is 0 Å². The third-order valence-corrected chi connectivity index (χ3v) is 2.84. The molecule has 2 rings (SSSR count). The largest absolute Gasteiger partial charge is 0.496 e. The molecule has 0 aliphatic carbocycles. The Kier molecular flexibility index (Phi) is 3.80. The van der Waals surface area contributed by atoms with E-state index in [2.05, 4.69) is 5.32 Å². The van der Waals surface area contributed by atoms with E-state index in [-0.39, 0.29) is 11.7 Å². The second kappa shape index (κ2) is 5.52. The Morgan fingerprint density at radius 3 is 2.63 bits per heavy atom. The van der Waals surface area contributed by atoms with Gasteiger partial charge in [0.05, 0.1) is 12.7 Å². The first-order chi connectivity index (χ1) is 9.17. The van der Waals surface area contributed by atoms with Gasteiger partial charge in [0.1, 0.15) is 11.6 Å². The fourth-order valence-electron chi connectivity index (χ4n) is 1.91. The van der Waals surface area contributed by atoms with Crippen LogP contribution in [0, 0.1) is 5.82 Å².